The van der Waals surface area contributed by atoms with Crippen LogP contribution in [-0.2, 0) is 12.8 Å². The van der Waals surface area contributed by atoms with Gasteiger partial charge in [-0.2, -0.15) is 13.2 Å². The van der Waals surface area contributed by atoms with Crippen molar-refractivity contribution in [1.29, 1.82) is 0 Å². The fraction of sp³-hybridized carbons (Fsp3) is 0.167. The first-order chi connectivity index (χ1) is 17.1. The number of hydrogen-bond acceptors (Lipinski definition) is 7. The number of alkyl halides is 3. The van der Waals surface area contributed by atoms with Gasteiger partial charge in [0, 0.05) is 21.8 Å². The first-order valence-corrected chi connectivity index (χ1v) is 11.5. The molecule has 2 aromatic heterocycles. The second-order valence-corrected chi connectivity index (χ2v) is 9.05. The molecule has 0 radical (unpaired) electrons. The molecule has 0 atom stereocenters. The quantitative estimate of drug-likeness (QED) is 0.315. The van der Waals surface area contributed by atoms with Gasteiger partial charge in [-0.25, -0.2) is 4.98 Å². The van der Waals surface area contributed by atoms with Gasteiger partial charge < -0.3 is 15.2 Å². The Morgan fingerprint density at radius 2 is 1.81 bits per heavy atom. The van der Waals surface area contributed by atoms with Gasteiger partial charge in [0.15, 0.2) is 10.0 Å². The Labute approximate surface area is 212 Å². The Balaban J connectivity index is 1.77. The summed E-state index contributed by atoms with van der Waals surface area (Å²) in [6, 6.07) is 11.2. The molecule has 2 heterocycles. The van der Waals surface area contributed by atoms with Crippen LogP contribution in [0.15, 0.2) is 48.5 Å². The number of primary amides is 1. The van der Waals surface area contributed by atoms with Gasteiger partial charge >= 0.3 is 6.18 Å². The van der Waals surface area contributed by atoms with Gasteiger partial charge in [0.25, 0.3) is 5.91 Å². The summed E-state index contributed by atoms with van der Waals surface area (Å²) < 4.78 is 51.3. The van der Waals surface area contributed by atoms with Crippen molar-refractivity contribution in [2.24, 2.45) is 5.73 Å². The maximum atomic E-state index is 13.4. The molecule has 186 valence electrons. The van der Waals surface area contributed by atoms with Gasteiger partial charge in [-0.1, -0.05) is 22.9 Å². The summed E-state index contributed by atoms with van der Waals surface area (Å²) in [5.41, 5.74) is 5.41. The highest BCUT2D eigenvalue weighted by atomic mass is 35.5. The van der Waals surface area contributed by atoms with Crippen LogP contribution in [0.3, 0.4) is 0 Å². The zero-order valence-electron chi connectivity index (χ0n) is 18.9. The summed E-state index contributed by atoms with van der Waals surface area (Å²) in [6.07, 6.45) is -4.60. The maximum absolute atomic E-state index is 13.4. The number of amides is 1. The zero-order valence-corrected chi connectivity index (χ0v) is 20.5. The third kappa shape index (κ3) is 5.42. The fourth-order valence-corrected chi connectivity index (χ4v) is 4.34. The monoisotopic (exact) mass is 534 g/mol. The van der Waals surface area contributed by atoms with Gasteiger partial charge in [-0.15, -0.1) is 10.2 Å². The molecule has 2 N–H and O–H groups in total. The summed E-state index contributed by atoms with van der Waals surface area (Å²) in [6.45, 7) is 1.73. The number of carbonyl (C=O) groups is 1. The van der Waals surface area contributed by atoms with Crippen LogP contribution in [0.5, 0.6) is 11.5 Å². The van der Waals surface area contributed by atoms with Crippen molar-refractivity contribution >= 4 is 28.8 Å². The molecule has 0 spiro atoms. The summed E-state index contributed by atoms with van der Waals surface area (Å²) in [5, 5.41) is 9.52. The van der Waals surface area contributed by atoms with E-state index in [-0.39, 0.29) is 39.7 Å². The maximum Gasteiger partial charge on any atom is 0.416 e. The van der Waals surface area contributed by atoms with Crippen LogP contribution in [0.1, 0.15) is 26.6 Å². The van der Waals surface area contributed by atoms with Crippen molar-refractivity contribution in [1.82, 2.24) is 15.2 Å². The number of ether oxygens (including phenoxy) is 2. The van der Waals surface area contributed by atoms with Crippen LogP contribution in [0.2, 0.25) is 5.02 Å². The van der Waals surface area contributed by atoms with Crippen molar-refractivity contribution < 1.29 is 27.4 Å². The van der Waals surface area contributed by atoms with E-state index >= 15 is 0 Å². The van der Waals surface area contributed by atoms with Crippen LogP contribution in [0.25, 0.3) is 21.8 Å². The van der Waals surface area contributed by atoms with Crippen molar-refractivity contribution in [3.8, 4) is 33.3 Å². The second kappa shape index (κ2) is 10.1. The van der Waals surface area contributed by atoms with E-state index in [1.165, 1.54) is 19.2 Å². The predicted octanol–water partition coefficient (Wildman–Crippen LogP) is 5.93. The molecule has 4 aromatic rings. The lowest BCUT2D eigenvalue weighted by molar-refractivity contribution is -0.137. The smallest absolute Gasteiger partial charge is 0.416 e. The highest BCUT2D eigenvalue weighted by Gasteiger charge is 2.32. The average Bonchev–Trinajstić information content (AvgIpc) is 3.31. The summed E-state index contributed by atoms with van der Waals surface area (Å²) in [5.74, 6) is -0.181. The van der Waals surface area contributed by atoms with Gasteiger partial charge in [0.2, 0.25) is 0 Å². The Hall–Kier alpha value is -3.70. The highest BCUT2D eigenvalue weighted by Crippen LogP contribution is 2.41. The van der Waals surface area contributed by atoms with Crippen LogP contribution in [0.4, 0.5) is 13.2 Å². The third-order valence-corrected chi connectivity index (χ3v) is 6.21. The van der Waals surface area contributed by atoms with Gasteiger partial charge in [0.05, 0.1) is 18.2 Å². The summed E-state index contributed by atoms with van der Waals surface area (Å²) in [4.78, 5) is 17.0. The topological polar surface area (TPSA) is 100 Å². The standard InChI is InChI=1S/C24H18ClF3N4O3S/c1-12-9-17(16-10-13(24(26,27)28)3-8-18(16)34-2)20(22(29)33)21(30-12)23-32-31-19(36-23)11-35-15-6-4-14(25)5-7-15/h3-10H,11H2,1-2H3,(H2,29,33). The number of aryl methyl sites for hydroxylation is 1. The molecule has 0 bridgehead atoms. The molecule has 12 heteroatoms. The molecule has 0 fully saturated rings. The Morgan fingerprint density at radius 3 is 2.44 bits per heavy atom. The van der Waals surface area contributed by atoms with Crippen LogP contribution >= 0.6 is 22.9 Å². The first kappa shape index (κ1) is 25.4. The Bertz CT molecular complexity index is 1430. The largest absolute Gasteiger partial charge is 0.496 e. The Kier molecular flexibility index (Phi) is 7.14. The molecule has 1 amide bonds. The van der Waals surface area contributed by atoms with E-state index in [0.29, 0.717) is 21.5 Å². The molecule has 0 unspecified atom stereocenters. The molecular weight excluding hydrogens is 517 g/mol. The van der Waals surface area contributed by atoms with E-state index in [2.05, 4.69) is 15.2 Å². The van der Waals surface area contributed by atoms with Crippen molar-refractivity contribution in [3.63, 3.8) is 0 Å². The molecule has 0 saturated heterocycles. The number of aromatic nitrogens is 3. The number of carbonyl (C=O) groups excluding carboxylic acids is 1. The van der Waals surface area contributed by atoms with Gasteiger partial charge in [-0.3, -0.25) is 4.79 Å². The second-order valence-electron chi connectivity index (χ2n) is 7.56. The SMILES string of the molecule is COc1ccc(C(F)(F)F)cc1-c1cc(C)nc(-c2nnc(COc3ccc(Cl)cc3)s2)c1C(N)=O. The lowest BCUT2D eigenvalue weighted by Gasteiger charge is -2.16. The normalized spacial score (nSPS) is 11.4. The Morgan fingerprint density at radius 1 is 1.08 bits per heavy atom. The van der Waals surface area contributed by atoms with Crippen molar-refractivity contribution in [2.45, 2.75) is 19.7 Å². The molecule has 4 rings (SSSR count). The minimum Gasteiger partial charge on any atom is -0.496 e. The molecule has 7 nitrogen and oxygen atoms in total. The van der Waals surface area contributed by atoms with Crippen LogP contribution in [0, 0.1) is 6.92 Å². The van der Waals surface area contributed by atoms with Gasteiger partial charge in [-0.05, 0) is 55.5 Å². The number of benzene rings is 2. The van der Waals surface area contributed by atoms with Crippen LogP contribution in [-0.4, -0.2) is 28.2 Å². The number of hydrogen-bond donors (Lipinski definition) is 1. The molecule has 0 saturated carbocycles. The van der Waals surface area contributed by atoms with Crippen molar-refractivity contribution in [2.75, 3.05) is 7.11 Å². The molecule has 0 aliphatic heterocycles. The van der Waals surface area contributed by atoms with E-state index in [0.717, 1.165) is 23.5 Å². The van der Waals surface area contributed by atoms with E-state index in [1.807, 2.05) is 0 Å². The number of nitrogens with two attached hydrogens (primary N) is 1. The van der Waals surface area contributed by atoms with Crippen molar-refractivity contribution in [3.05, 3.63) is 75.4 Å². The average molecular weight is 535 g/mol. The third-order valence-electron chi connectivity index (χ3n) is 5.06. The molecular formula is C24H18ClF3N4O3S. The molecule has 0 aliphatic carbocycles. The number of rotatable bonds is 7. The molecule has 0 aliphatic rings. The summed E-state index contributed by atoms with van der Waals surface area (Å²) in [7, 11) is 1.32. The van der Waals surface area contributed by atoms with Gasteiger partial charge in [0.1, 0.15) is 23.8 Å². The van der Waals surface area contributed by atoms with E-state index in [9.17, 15) is 18.0 Å². The number of pyridine rings is 1. The van der Waals surface area contributed by atoms with E-state index in [1.54, 1.807) is 31.2 Å². The lowest BCUT2D eigenvalue weighted by Crippen LogP contribution is -2.16. The minimum absolute atomic E-state index is 0.0451. The predicted molar refractivity (Wildman–Crippen MR) is 129 cm³/mol. The van der Waals surface area contributed by atoms with E-state index < -0.39 is 17.6 Å². The minimum atomic E-state index is -4.60. The number of methoxy groups -OCH3 is 1. The lowest BCUT2D eigenvalue weighted by atomic mass is 9.95. The van der Waals surface area contributed by atoms with Crippen LogP contribution < -0.4 is 15.2 Å². The fourth-order valence-electron chi connectivity index (χ4n) is 3.47. The number of nitrogens with zero attached hydrogens (tertiary/aromatic N) is 3. The summed E-state index contributed by atoms with van der Waals surface area (Å²) >= 11 is 6.99. The molecule has 2 aromatic carbocycles. The molecule has 36 heavy (non-hydrogen) atoms. The zero-order chi connectivity index (χ0) is 26.0. The first-order valence-electron chi connectivity index (χ1n) is 10.3. The van der Waals surface area contributed by atoms with E-state index in [4.69, 9.17) is 26.8 Å². The number of halogens is 4. The highest BCUT2D eigenvalue weighted by molar-refractivity contribution is 7.14.